The Kier molecular flexibility index (Phi) is 3.10. The Labute approximate surface area is 116 Å². The fourth-order valence-electron chi connectivity index (χ4n) is 2.43. The Morgan fingerprint density at radius 3 is 2.90 bits per heavy atom. The summed E-state index contributed by atoms with van der Waals surface area (Å²) in [5.74, 6) is -0.341. The van der Waals surface area contributed by atoms with Crippen LogP contribution < -0.4 is 0 Å². The number of carbonyl (C=O) groups is 1. The van der Waals surface area contributed by atoms with Gasteiger partial charge in [-0.15, -0.1) is 0 Å². The van der Waals surface area contributed by atoms with E-state index < -0.39 is 0 Å². The van der Waals surface area contributed by atoms with Crippen molar-refractivity contribution in [1.29, 1.82) is 0 Å². The molecule has 5 nitrogen and oxygen atoms in total. The Bertz CT molecular complexity index is 697. The van der Waals surface area contributed by atoms with Crippen LogP contribution in [0.15, 0.2) is 35.3 Å². The van der Waals surface area contributed by atoms with Gasteiger partial charge in [0, 0.05) is 12.4 Å². The number of methoxy groups -OCH3 is 1. The quantitative estimate of drug-likeness (QED) is 0.783. The summed E-state index contributed by atoms with van der Waals surface area (Å²) in [6.07, 6.45) is 1.79. The molecule has 0 N–H and O–H groups in total. The van der Waals surface area contributed by atoms with Crippen LogP contribution in [0.1, 0.15) is 22.1 Å². The molecule has 1 aliphatic heterocycles. The number of para-hydroxylation sites is 1. The summed E-state index contributed by atoms with van der Waals surface area (Å²) in [5.41, 5.74) is 2.18. The minimum absolute atomic E-state index is 0.0722. The van der Waals surface area contributed by atoms with E-state index in [0.717, 1.165) is 16.6 Å². The number of hydrogen-bond acceptors (Lipinski definition) is 5. The fraction of sp³-hybridized carbons (Fsp3) is 0.267. The molecule has 3 rings (SSSR count). The molecule has 1 aliphatic rings. The van der Waals surface area contributed by atoms with E-state index in [1.807, 2.05) is 42.3 Å². The van der Waals surface area contributed by atoms with Crippen molar-refractivity contribution in [3.05, 3.63) is 41.6 Å². The van der Waals surface area contributed by atoms with E-state index in [4.69, 9.17) is 4.74 Å². The molecule has 0 amide bonds. The standard InChI is InChI=1S/C15H15N3O2/c1-18-9-16-8-14(18)13-7-11(15(19)20-2)10-5-3-4-6-12(10)17-13/h3-7,9,14H,8H2,1-2H3. The van der Waals surface area contributed by atoms with E-state index >= 15 is 0 Å². The van der Waals surface area contributed by atoms with Crippen molar-refractivity contribution in [1.82, 2.24) is 9.88 Å². The Hall–Kier alpha value is -2.43. The number of hydrogen-bond donors (Lipinski definition) is 0. The van der Waals surface area contributed by atoms with Crippen LogP contribution in [0.3, 0.4) is 0 Å². The fourth-order valence-corrected chi connectivity index (χ4v) is 2.43. The monoisotopic (exact) mass is 269 g/mol. The van der Waals surface area contributed by atoms with Crippen LogP contribution in [-0.2, 0) is 4.74 Å². The van der Waals surface area contributed by atoms with Crippen molar-refractivity contribution in [3.8, 4) is 0 Å². The molecule has 0 aliphatic carbocycles. The predicted molar refractivity (Wildman–Crippen MR) is 76.9 cm³/mol. The Morgan fingerprint density at radius 2 is 2.20 bits per heavy atom. The molecular weight excluding hydrogens is 254 g/mol. The zero-order chi connectivity index (χ0) is 14.1. The molecule has 0 radical (unpaired) electrons. The van der Waals surface area contributed by atoms with Gasteiger partial charge in [-0.05, 0) is 12.1 Å². The van der Waals surface area contributed by atoms with Crippen LogP contribution in [0.4, 0.5) is 0 Å². The number of pyridine rings is 1. The highest BCUT2D eigenvalue weighted by Crippen LogP contribution is 2.26. The Morgan fingerprint density at radius 1 is 1.40 bits per heavy atom. The largest absolute Gasteiger partial charge is 0.465 e. The highest BCUT2D eigenvalue weighted by Gasteiger charge is 2.23. The summed E-state index contributed by atoms with van der Waals surface area (Å²) < 4.78 is 4.88. The Balaban J connectivity index is 2.17. The zero-order valence-corrected chi connectivity index (χ0v) is 11.4. The molecule has 0 spiro atoms. The molecule has 1 aromatic heterocycles. The van der Waals surface area contributed by atoms with Crippen molar-refractivity contribution in [2.24, 2.45) is 4.99 Å². The van der Waals surface area contributed by atoms with Gasteiger partial charge in [0.05, 0.1) is 42.8 Å². The highest BCUT2D eigenvalue weighted by molar-refractivity contribution is 6.03. The molecule has 0 saturated carbocycles. The van der Waals surface area contributed by atoms with Gasteiger partial charge in [-0.25, -0.2) is 4.79 Å². The number of aliphatic imine (C=N–C) groups is 1. The number of aromatic nitrogens is 1. The molecule has 2 heterocycles. The van der Waals surface area contributed by atoms with Gasteiger partial charge in [0.2, 0.25) is 0 Å². The second-order valence-corrected chi connectivity index (χ2v) is 4.77. The maximum Gasteiger partial charge on any atom is 0.338 e. The first-order valence-electron chi connectivity index (χ1n) is 6.40. The van der Waals surface area contributed by atoms with Crippen molar-refractivity contribution in [2.75, 3.05) is 20.7 Å². The average Bonchev–Trinajstić information content (AvgIpc) is 2.91. The van der Waals surface area contributed by atoms with Crippen molar-refractivity contribution in [2.45, 2.75) is 6.04 Å². The van der Waals surface area contributed by atoms with Gasteiger partial charge in [0.1, 0.15) is 0 Å². The van der Waals surface area contributed by atoms with E-state index in [9.17, 15) is 4.79 Å². The first-order valence-corrected chi connectivity index (χ1v) is 6.40. The van der Waals surface area contributed by atoms with Crippen LogP contribution in [0.2, 0.25) is 0 Å². The first kappa shape index (κ1) is 12.6. The molecule has 0 saturated heterocycles. The van der Waals surface area contributed by atoms with Crippen molar-refractivity contribution >= 4 is 23.2 Å². The van der Waals surface area contributed by atoms with E-state index in [1.54, 1.807) is 6.34 Å². The minimum atomic E-state index is -0.341. The van der Waals surface area contributed by atoms with Crippen LogP contribution in [0.5, 0.6) is 0 Å². The summed E-state index contributed by atoms with van der Waals surface area (Å²) in [7, 11) is 3.35. The summed E-state index contributed by atoms with van der Waals surface area (Å²) in [4.78, 5) is 22.9. The van der Waals surface area contributed by atoms with E-state index in [2.05, 4.69) is 9.98 Å². The molecule has 5 heteroatoms. The topological polar surface area (TPSA) is 54.8 Å². The third-order valence-electron chi connectivity index (χ3n) is 3.52. The summed E-state index contributed by atoms with van der Waals surface area (Å²) in [6, 6.07) is 9.47. The molecule has 0 fully saturated rings. The summed E-state index contributed by atoms with van der Waals surface area (Å²) in [6.45, 7) is 0.655. The van der Waals surface area contributed by atoms with Gasteiger partial charge in [0.25, 0.3) is 0 Å². The second-order valence-electron chi connectivity index (χ2n) is 4.77. The third-order valence-corrected chi connectivity index (χ3v) is 3.52. The van der Waals surface area contributed by atoms with Gasteiger partial charge in [0.15, 0.2) is 0 Å². The normalized spacial score (nSPS) is 17.7. The van der Waals surface area contributed by atoms with Crippen LogP contribution in [-0.4, -0.2) is 42.9 Å². The first-order chi connectivity index (χ1) is 9.70. The molecule has 20 heavy (non-hydrogen) atoms. The smallest absolute Gasteiger partial charge is 0.338 e. The lowest BCUT2D eigenvalue weighted by molar-refractivity contribution is 0.0602. The number of esters is 1. The number of nitrogens with zero attached hydrogens (tertiary/aromatic N) is 3. The third kappa shape index (κ3) is 2.01. The van der Waals surface area contributed by atoms with E-state index in [1.165, 1.54) is 7.11 Å². The van der Waals surface area contributed by atoms with Crippen molar-refractivity contribution < 1.29 is 9.53 Å². The van der Waals surface area contributed by atoms with Gasteiger partial charge >= 0.3 is 5.97 Å². The molecule has 1 aromatic carbocycles. The average molecular weight is 269 g/mol. The van der Waals surface area contributed by atoms with Crippen LogP contribution >= 0.6 is 0 Å². The number of fused-ring (bicyclic) bond motifs is 1. The summed E-state index contributed by atoms with van der Waals surface area (Å²) in [5, 5.41) is 0.810. The zero-order valence-electron chi connectivity index (χ0n) is 11.4. The maximum absolute atomic E-state index is 12.0. The molecule has 0 bridgehead atoms. The number of rotatable bonds is 2. The van der Waals surface area contributed by atoms with Crippen molar-refractivity contribution in [3.63, 3.8) is 0 Å². The molecule has 1 unspecified atom stereocenters. The van der Waals surface area contributed by atoms with Gasteiger partial charge < -0.3 is 9.64 Å². The molecule has 102 valence electrons. The van der Waals surface area contributed by atoms with Gasteiger partial charge in [-0.1, -0.05) is 18.2 Å². The second kappa shape index (κ2) is 4.92. The van der Waals surface area contributed by atoms with E-state index in [0.29, 0.717) is 12.1 Å². The molecule has 2 aromatic rings. The SMILES string of the molecule is COC(=O)c1cc(C2CN=CN2C)nc2ccccc12. The van der Waals surface area contributed by atoms with Gasteiger partial charge in [-0.3, -0.25) is 9.98 Å². The lowest BCUT2D eigenvalue weighted by Crippen LogP contribution is -2.21. The number of carbonyl (C=O) groups excluding carboxylic acids is 1. The molecule has 1 atom stereocenters. The highest BCUT2D eigenvalue weighted by atomic mass is 16.5. The molecular formula is C15H15N3O2. The lowest BCUT2D eigenvalue weighted by atomic mass is 10.0. The van der Waals surface area contributed by atoms with Gasteiger partial charge in [-0.2, -0.15) is 0 Å². The van der Waals surface area contributed by atoms with E-state index in [-0.39, 0.29) is 12.0 Å². The predicted octanol–water partition coefficient (Wildman–Crippen LogP) is 2.04. The minimum Gasteiger partial charge on any atom is -0.465 e. The number of benzene rings is 1. The summed E-state index contributed by atoms with van der Waals surface area (Å²) >= 11 is 0. The van der Waals surface area contributed by atoms with Crippen LogP contribution in [0, 0.1) is 0 Å². The number of ether oxygens (including phenoxy) is 1. The maximum atomic E-state index is 12.0. The lowest BCUT2D eigenvalue weighted by Gasteiger charge is -2.19. The number of likely N-dealkylation sites (N-methyl/N-ethyl adjacent to an activating group) is 1. The van der Waals surface area contributed by atoms with Crippen LogP contribution in [0.25, 0.3) is 10.9 Å².